The number of nitrogens with zero attached hydrogens (tertiary/aromatic N) is 1. The first-order valence-corrected chi connectivity index (χ1v) is 10.4. The number of phenols is 1. The van der Waals surface area contributed by atoms with Crippen molar-refractivity contribution in [1.82, 2.24) is 10.6 Å². The van der Waals surface area contributed by atoms with Crippen LogP contribution in [0.4, 0.5) is 5.69 Å². The monoisotopic (exact) mass is 425 g/mol. The molecule has 0 spiro atoms. The molecule has 1 unspecified atom stereocenters. The maximum absolute atomic E-state index is 12.5. The van der Waals surface area contributed by atoms with E-state index in [0.717, 1.165) is 0 Å². The first-order valence-electron chi connectivity index (χ1n) is 10.4. The highest BCUT2D eigenvalue weighted by molar-refractivity contribution is 6.01. The summed E-state index contributed by atoms with van der Waals surface area (Å²) in [6.07, 6.45) is 0.703. The number of aromatic hydroxyl groups is 1. The molecule has 0 saturated carbocycles. The zero-order chi connectivity index (χ0) is 22.2. The lowest BCUT2D eigenvalue weighted by atomic mass is 10.1. The summed E-state index contributed by atoms with van der Waals surface area (Å²) in [4.78, 5) is 38.6. The van der Waals surface area contributed by atoms with Crippen LogP contribution in [0, 0.1) is 5.92 Å². The van der Waals surface area contributed by atoms with Crippen molar-refractivity contribution >= 4 is 23.4 Å². The number of benzene rings is 2. The summed E-state index contributed by atoms with van der Waals surface area (Å²) in [7, 11) is 0. The van der Waals surface area contributed by atoms with Gasteiger partial charge in [-0.2, -0.15) is 0 Å². The van der Waals surface area contributed by atoms with Gasteiger partial charge in [-0.25, -0.2) is 0 Å². The fourth-order valence-corrected chi connectivity index (χ4v) is 3.47. The molecule has 0 aliphatic carbocycles. The lowest BCUT2D eigenvalue weighted by Crippen LogP contribution is -2.35. The van der Waals surface area contributed by atoms with E-state index in [1.165, 1.54) is 12.1 Å². The van der Waals surface area contributed by atoms with Crippen LogP contribution in [0.2, 0.25) is 0 Å². The Morgan fingerprint density at radius 3 is 2.68 bits per heavy atom. The highest BCUT2D eigenvalue weighted by Gasteiger charge is 2.36. The largest absolute Gasteiger partial charge is 0.508 e. The molecular formula is C23H27N3O5. The standard InChI is InChI=1S/C23H27N3O5/c1-2-31-20-10-4-3-9-19(20)26-15-17(14-21(26)28)23(30)25-12-6-11-24-22(29)16-7-5-8-18(27)13-16/h3-5,7-10,13,17,27H,2,6,11-12,14-15H2,1H3,(H,24,29)(H,25,30). The van der Waals surface area contributed by atoms with E-state index in [-0.39, 0.29) is 29.9 Å². The van der Waals surface area contributed by atoms with Crippen LogP contribution in [0.5, 0.6) is 11.5 Å². The van der Waals surface area contributed by atoms with Gasteiger partial charge >= 0.3 is 0 Å². The Kier molecular flexibility index (Phi) is 7.48. The maximum Gasteiger partial charge on any atom is 0.251 e. The Bertz CT molecular complexity index is 946. The molecule has 0 aromatic heterocycles. The summed E-state index contributed by atoms with van der Waals surface area (Å²) in [5, 5.41) is 15.0. The van der Waals surface area contributed by atoms with Crippen LogP contribution in [0.25, 0.3) is 0 Å². The van der Waals surface area contributed by atoms with Gasteiger partial charge in [0.2, 0.25) is 11.8 Å². The van der Waals surface area contributed by atoms with E-state index in [4.69, 9.17) is 4.74 Å². The summed E-state index contributed by atoms with van der Waals surface area (Å²) < 4.78 is 5.60. The highest BCUT2D eigenvalue weighted by Crippen LogP contribution is 2.33. The van der Waals surface area contributed by atoms with Gasteiger partial charge < -0.3 is 25.4 Å². The SMILES string of the molecule is CCOc1ccccc1N1CC(C(=O)NCCCNC(=O)c2cccc(O)c2)CC1=O. The lowest BCUT2D eigenvalue weighted by molar-refractivity contribution is -0.126. The third-order valence-electron chi connectivity index (χ3n) is 5.00. The smallest absolute Gasteiger partial charge is 0.251 e. The zero-order valence-corrected chi connectivity index (χ0v) is 17.5. The maximum atomic E-state index is 12.5. The van der Waals surface area contributed by atoms with Gasteiger partial charge in [-0.05, 0) is 43.7 Å². The highest BCUT2D eigenvalue weighted by atomic mass is 16.5. The molecule has 8 heteroatoms. The summed E-state index contributed by atoms with van der Waals surface area (Å²) in [5.74, 6) is -0.336. The quantitative estimate of drug-likeness (QED) is 0.533. The van der Waals surface area contributed by atoms with Gasteiger partial charge in [0.05, 0.1) is 18.2 Å². The van der Waals surface area contributed by atoms with E-state index in [1.54, 1.807) is 17.0 Å². The molecule has 3 N–H and O–H groups in total. The molecule has 8 nitrogen and oxygen atoms in total. The third-order valence-corrected chi connectivity index (χ3v) is 5.00. The molecule has 31 heavy (non-hydrogen) atoms. The van der Waals surface area contributed by atoms with Crippen LogP contribution in [0.3, 0.4) is 0 Å². The minimum atomic E-state index is -0.427. The fraction of sp³-hybridized carbons (Fsp3) is 0.348. The second kappa shape index (κ2) is 10.5. The molecule has 1 fully saturated rings. The Labute approximate surface area is 181 Å². The molecule has 1 saturated heterocycles. The van der Waals surface area contributed by atoms with Crippen molar-refractivity contribution in [2.24, 2.45) is 5.92 Å². The van der Waals surface area contributed by atoms with Crippen LogP contribution >= 0.6 is 0 Å². The first kappa shape index (κ1) is 22.1. The average Bonchev–Trinajstić information content (AvgIpc) is 3.15. The third kappa shape index (κ3) is 5.75. The molecular weight excluding hydrogens is 398 g/mol. The number of para-hydroxylation sites is 2. The molecule has 3 rings (SSSR count). The van der Waals surface area contributed by atoms with Crippen molar-refractivity contribution in [3.8, 4) is 11.5 Å². The van der Waals surface area contributed by atoms with E-state index in [9.17, 15) is 19.5 Å². The number of ether oxygens (including phenoxy) is 1. The number of hydrogen-bond donors (Lipinski definition) is 3. The second-order valence-corrected chi connectivity index (χ2v) is 7.26. The molecule has 1 aliphatic heterocycles. The van der Waals surface area contributed by atoms with Crippen LogP contribution in [-0.4, -0.2) is 49.1 Å². The fourth-order valence-electron chi connectivity index (χ4n) is 3.47. The Morgan fingerprint density at radius 2 is 1.90 bits per heavy atom. The van der Waals surface area contributed by atoms with Crippen LogP contribution in [0.1, 0.15) is 30.1 Å². The van der Waals surface area contributed by atoms with Gasteiger partial charge in [0.1, 0.15) is 11.5 Å². The number of nitrogens with one attached hydrogen (secondary N) is 2. The average molecular weight is 425 g/mol. The Morgan fingerprint density at radius 1 is 1.13 bits per heavy atom. The molecule has 1 atom stereocenters. The van der Waals surface area contributed by atoms with E-state index in [2.05, 4.69) is 10.6 Å². The van der Waals surface area contributed by atoms with E-state index < -0.39 is 5.92 Å². The summed E-state index contributed by atoms with van der Waals surface area (Å²) >= 11 is 0. The summed E-state index contributed by atoms with van der Waals surface area (Å²) in [6.45, 7) is 3.45. The van der Waals surface area contributed by atoms with Crippen molar-refractivity contribution < 1.29 is 24.2 Å². The lowest BCUT2D eigenvalue weighted by Gasteiger charge is -2.20. The predicted octanol–water partition coefficient (Wildman–Crippen LogP) is 2.08. The van der Waals surface area contributed by atoms with E-state index in [1.807, 2.05) is 31.2 Å². The molecule has 0 radical (unpaired) electrons. The number of anilines is 1. The van der Waals surface area contributed by atoms with Gasteiger partial charge in [-0.3, -0.25) is 14.4 Å². The number of amides is 3. The molecule has 2 aromatic carbocycles. The molecule has 2 aromatic rings. The van der Waals surface area contributed by atoms with Crippen LogP contribution in [-0.2, 0) is 9.59 Å². The van der Waals surface area contributed by atoms with Gasteiger partial charge in [0, 0.05) is 31.6 Å². The minimum Gasteiger partial charge on any atom is -0.508 e. The zero-order valence-electron chi connectivity index (χ0n) is 17.5. The number of carbonyl (C=O) groups is 3. The topological polar surface area (TPSA) is 108 Å². The number of hydrogen-bond acceptors (Lipinski definition) is 5. The van der Waals surface area contributed by atoms with Crippen LogP contribution < -0.4 is 20.3 Å². The normalized spacial score (nSPS) is 15.6. The van der Waals surface area contributed by atoms with Gasteiger partial charge in [-0.15, -0.1) is 0 Å². The Hall–Kier alpha value is -3.55. The van der Waals surface area contributed by atoms with Gasteiger partial charge in [0.25, 0.3) is 5.91 Å². The van der Waals surface area contributed by atoms with E-state index >= 15 is 0 Å². The molecule has 164 valence electrons. The Balaban J connectivity index is 1.43. The molecule has 3 amide bonds. The van der Waals surface area contributed by atoms with E-state index in [0.29, 0.717) is 49.7 Å². The van der Waals surface area contributed by atoms with Gasteiger partial charge in [-0.1, -0.05) is 18.2 Å². The van der Waals surface area contributed by atoms with Crippen molar-refractivity contribution in [3.63, 3.8) is 0 Å². The number of carbonyl (C=O) groups excluding carboxylic acids is 3. The molecule has 1 heterocycles. The summed E-state index contributed by atoms with van der Waals surface area (Å²) in [6, 6.07) is 13.4. The number of rotatable bonds is 9. The van der Waals surface area contributed by atoms with Crippen molar-refractivity contribution in [1.29, 1.82) is 0 Å². The predicted molar refractivity (Wildman–Crippen MR) is 116 cm³/mol. The van der Waals surface area contributed by atoms with Crippen molar-refractivity contribution in [3.05, 3.63) is 54.1 Å². The second-order valence-electron chi connectivity index (χ2n) is 7.26. The minimum absolute atomic E-state index is 0.0314. The first-order chi connectivity index (χ1) is 15.0. The van der Waals surface area contributed by atoms with Crippen molar-refractivity contribution in [2.75, 3.05) is 31.1 Å². The molecule has 0 bridgehead atoms. The summed E-state index contributed by atoms with van der Waals surface area (Å²) in [5.41, 5.74) is 1.06. The van der Waals surface area contributed by atoms with Crippen molar-refractivity contribution in [2.45, 2.75) is 19.8 Å². The molecule has 1 aliphatic rings. The number of phenolic OH excluding ortho intramolecular Hbond substituents is 1. The van der Waals surface area contributed by atoms with Crippen LogP contribution in [0.15, 0.2) is 48.5 Å². The van der Waals surface area contributed by atoms with Gasteiger partial charge in [0.15, 0.2) is 0 Å².